The Bertz CT molecular complexity index is 1030. The van der Waals surface area contributed by atoms with Crippen molar-refractivity contribution >= 4 is 29.4 Å². The molecule has 0 fully saturated rings. The third-order valence-electron chi connectivity index (χ3n) is 4.62. The summed E-state index contributed by atoms with van der Waals surface area (Å²) < 4.78 is 11.8. The molecule has 1 heterocycles. The summed E-state index contributed by atoms with van der Waals surface area (Å²) in [5, 5.41) is 15.3. The van der Waals surface area contributed by atoms with Gasteiger partial charge >= 0.3 is 12.1 Å². The van der Waals surface area contributed by atoms with E-state index < -0.39 is 23.3 Å². The number of carboxylic acid groups (broad SMARTS) is 1. The maximum Gasteiger partial charge on any atom is 0.431 e. The van der Waals surface area contributed by atoms with Gasteiger partial charge in [0.15, 0.2) is 5.60 Å². The van der Waals surface area contributed by atoms with Gasteiger partial charge in [-0.05, 0) is 38.5 Å². The van der Waals surface area contributed by atoms with Crippen LogP contribution >= 0.6 is 11.6 Å². The largest absolute Gasteiger partial charge is 0.478 e. The van der Waals surface area contributed by atoms with E-state index in [0.29, 0.717) is 16.3 Å². The van der Waals surface area contributed by atoms with Crippen molar-refractivity contribution in [3.63, 3.8) is 0 Å². The molecule has 0 saturated carbocycles. The Kier molecular flexibility index (Phi) is 7.01. The van der Waals surface area contributed by atoms with Crippen molar-refractivity contribution in [2.45, 2.75) is 32.0 Å². The summed E-state index contributed by atoms with van der Waals surface area (Å²) in [6.45, 7) is 5.40. The van der Waals surface area contributed by atoms with Crippen molar-refractivity contribution < 1.29 is 24.2 Å². The number of benzene rings is 2. The summed E-state index contributed by atoms with van der Waals surface area (Å²) in [5.74, 6) is -1.07. The van der Waals surface area contributed by atoms with Crippen LogP contribution in [0.15, 0.2) is 71.9 Å². The number of hydrazone groups is 1. The first-order chi connectivity index (χ1) is 15.1. The molecule has 1 aliphatic rings. The summed E-state index contributed by atoms with van der Waals surface area (Å²) in [5.41, 5.74) is 0.135. The van der Waals surface area contributed by atoms with E-state index in [0.717, 1.165) is 11.6 Å². The number of ether oxygens (including phenoxy) is 2. The number of hydrogen-bond acceptors (Lipinski definition) is 5. The molecule has 7 nitrogen and oxygen atoms in total. The predicted molar refractivity (Wildman–Crippen MR) is 122 cm³/mol. The molecule has 0 saturated heterocycles. The van der Waals surface area contributed by atoms with Gasteiger partial charge in [-0.3, -0.25) is 0 Å². The Morgan fingerprint density at radius 1 is 1.16 bits per heavy atom. The zero-order chi connectivity index (χ0) is 23.4. The summed E-state index contributed by atoms with van der Waals surface area (Å²) in [7, 11) is 0. The van der Waals surface area contributed by atoms with Crippen LogP contribution in [0, 0.1) is 0 Å². The van der Waals surface area contributed by atoms with E-state index in [4.69, 9.17) is 26.2 Å². The molecular weight excluding hydrogens is 432 g/mol. The minimum Gasteiger partial charge on any atom is -0.478 e. The Balaban J connectivity index is 2.08. The summed E-state index contributed by atoms with van der Waals surface area (Å²) >= 11 is 6.07. The average Bonchev–Trinajstić information content (AvgIpc) is 3.12. The predicted octanol–water partition coefficient (Wildman–Crippen LogP) is 4.85. The smallest absolute Gasteiger partial charge is 0.431 e. The molecule has 1 aliphatic heterocycles. The fourth-order valence-corrected chi connectivity index (χ4v) is 3.44. The molecule has 0 spiro atoms. The van der Waals surface area contributed by atoms with E-state index in [1.165, 1.54) is 11.1 Å². The third-order valence-corrected chi connectivity index (χ3v) is 4.88. The van der Waals surface area contributed by atoms with Gasteiger partial charge < -0.3 is 14.6 Å². The lowest BCUT2D eigenvalue weighted by Gasteiger charge is -2.31. The number of halogens is 1. The Labute approximate surface area is 191 Å². The van der Waals surface area contributed by atoms with Crippen LogP contribution in [0.4, 0.5) is 4.79 Å². The van der Waals surface area contributed by atoms with Crippen LogP contribution in [0.2, 0.25) is 5.02 Å². The highest BCUT2D eigenvalue weighted by Gasteiger charge is 2.48. The number of carboxylic acids is 1. The van der Waals surface area contributed by atoms with E-state index in [1.807, 2.05) is 30.3 Å². The topological polar surface area (TPSA) is 88.4 Å². The molecule has 2 aromatic carbocycles. The third kappa shape index (κ3) is 5.55. The van der Waals surface area contributed by atoms with Gasteiger partial charge in [-0.25, -0.2) is 9.59 Å². The molecule has 0 radical (unpaired) electrons. The van der Waals surface area contributed by atoms with Gasteiger partial charge in [0.25, 0.3) is 0 Å². The molecule has 1 N–H and O–H groups in total. The number of nitrogens with zero attached hydrogens (tertiary/aromatic N) is 2. The van der Waals surface area contributed by atoms with Gasteiger partial charge in [0.05, 0.1) is 13.2 Å². The average molecular weight is 457 g/mol. The number of carbonyl (C=O) groups excluding carboxylic acids is 1. The Morgan fingerprint density at radius 2 is 1.81 bits per heavy atom. The second-order valence-electron chi connectivity index (χ2n) is 8.24. The molecular formula is C24H25ClN2O5. The normalized spacial score (nSPS) is 18.6. The summed E-state index contributed by atoms with van der Waals surface area (Å²) in [6.07, 6.45) is 1.81. The van der Waals surface area contributed by atoms with E-state index >= 15 is 0 Å². The molecule has 168 valence electrons. The lowest BCUT2D eigenvalue weighted by Crippen LogP contribution is -2.43. The molecule has 1 atom stereocenters. The van der Waals surface area contributed by atoms with Crippen molar-refractivity contribution in [2.75, 3.05) is 13.2 Å². The molecule has 0 aliphatic carbocycles. The highest BCUT2D eigenvalue weighted by Crippen LogP contribution is 2.37. The first kappa shape index (κ1) is 23.5. The minimum absolute atomic E-state index is 0.00401. The molecule has 0 bridgehead atoms. The van der Waals surface area contributed by atoms with Crippen LogP contribution in [0.1, 0.15) is 31.9 Å². The Hall–Kier alpha value is -3.16. The van der Waals surface area contributed by atoms with Gasteiger partial charge in [0.1, 0.15) is 11.3 Å². The lowest BCUT2D eigenvalue weighted by molar-refractivity contribution is -0.131. The van der Waals surface area contributed by atoms with Gasteiger partial charge in [0, 0.05) is 16.7 Å². The molecule has 1 amide bonds. The summed E-state index contributed by atoms with van der Waals surface area (Å²) in [6, 6.07) is 16.4. The first-order valence-electron chi connectivity index (χ1n) is 10.1. The van der Waals surface area contributed by atoms with E-state index in [2.05, 4.69) is 5.10 Å². The van der Waals surface area contributed by atoms with Crippen LogP contribution in [-0.2, 0) is 19.9 Å². The minimum atomic E-state index is -1.14. The molecule has 32 heavy (non-hydrogen) atoms. The zero-order valence-electron chi connectivity index (χ0n) is 18.1. The maximum atomic E-state index is 12.9. The monoisotopic (exact) mass is 456 g/mol. The standard InChI is InChI=1S/C24H25ClN2O5/c1-23(2,3)32-22(30)27-16-24(18-8-5-4-6-9-18,31-15-7-10-20(28)29)21(26-27)17-11-13-19(25)14-12-17/h4-14H,15-16H2,1-3H3,(H,28,29)/b10-7+. The fraction of sp³-hybridized carbons (Fsp3) is 0.292. The van der Waals surface area contributed by atoms with Crippen molar-refractivity contribution in [3.8, 4) is 0 Å². The Morgan fingerprint density at radius 3 is 2.41 bits per heavy atom. The van der Waals surface area contributed by atoms with E-state index in [9.17, 15) is 9.59 Å². The first-order valence-corrected chi connectivity index (χ1v) is 10.4. The SMILES string of the molecule is CC(C)(C)OC(=O)N1CC(OC/C=C/C(=O)O)(c2ccccc2)C(c2ccc(Cl)cc2)=N1. The molecule has 2 aromatic rings. The number of hydrogen-bond donors (Lipinski definition) is 1. The molecule has 8 heteroatoms. The molecule has 1 unspecified atom stereocenters. The van der Waals surface area contributed by atoms with Crippen molar-refractivity contribution in [1.82, 2.24) is 5.01 Å². The zero-order valence-corrected chi connectivity index (χ0v) is 18.9. The quantitative estimate of drug-likeness (QED) is 0.628. The highest BCUT2D eigenvalue weighted by molar-refractivity contribution is 6.30. The van der Waals surface area contributed by atoms with Crippen LogP contribution in [-0.4, -0.2) is 46.6 Å². The summed E-state index contributed by atoms with van der Waals surface area (Å²) in [4.78, 5) is 23.7. The number of carbonyl (C=O) groups is 2. The van der Waals surface area contributed by atoms with Crippen molar-refractivity contribution in [1.29, 1.82) is 0 Å². The van der Waals surface area contributed by atoms with Crippen LogP contribution in [0.25, 0.3) is 0 Å². The van der Waals surface area contributed by atoms with E-state index in [1.54, 1.807) is 45.0 Å². The van der Waals surface area contributed by atoms with Crippen LogP contribution in [0.5, 0.6) is 0 Å². The second kappa shape index (κ2) is 9.54. The molecule has 0 aromatic heterocycles. The number of amides is 1. The number of aliphatic carboxylic acids is 1. The van der Waals surface area contributed by atoms with Crippen LogP contribution < -0.4 is 0 Å². The van der Waals surface area contributed by atoms with Gasteiger partial charge in [-0.15, -0.1) is 0 Å². The van der Waals surface area contributed by atoms with Crippen molar-refractivity contribution in [3.05, 3.63) is 82.9 Å². The highest BCUT2D eigenvalue weighted by atomic mass is 35.5. The molecule has 3 rings (SSSR count). The van der Waals surface area contributed by atoms with Gasteiger partial charge in [-0.2, -0.15) is 10.1 Å². The van der Waals surface area contributed by atoms with Crippen molar-refractivity contribution in [2.24, 2.45) is 5.10 Å². The maximum absolute atomic E-state index is 12.9. The van der Waals surface area contributed by atoms with Gasteiger partial charge in [0.2, 0.25) is 0 Å². The fourth-order valence-electron chi connectivity index (χ4n) is 3.31. The lowest BCUT2D eigenvalue weighted by atomic mass is 9.85. The number of rotatable bonds is 6. The second-order valence-corrected chi connectivity index (χ2v) is 8.67. The van der Waals surface area contributed by atoms with Crippen LogP contribution in [0.3, 0.4) is 0 Å². The van der Waals surface area contributed by atoms with Gasteiger partial charge in [-0.1, -0.05) is 60.1 Å². The van der Waals surface area contributed by atoms with E-state index in [-0.39, 0.29) is 13.2 Å².